The number of benzene rings is 1. The summed E-state index contributed by atoms with van der Waals surface area (Å²) in [6.45, 7) is 5.44. The van der Waals surface area contributed by atoms with Gasteiger partial charge in [-0.2, -0.15) is 0 Å². The monoisotopic (exact) mass is 326 g/mol. The molecule has 1 saturated heterocycles. The molecule has 0 spiro atoms. The van der Waals surface area contributed by atoms with Gasteiger partial charge in [0, 0.05) is 17.6 Å². The van der Waals surface area contributed by atoms with E-state index in [-0.39, 0.29) is 5.91 Å². The first-order chi connectivity index (χ1) is 8.85. The first-order valence-electron chi connectivity index (χ1n) is 6.36. The van der Waals surface area contributed by atoms with Gasteiger partial charge in [0.15, 0.2) is 0 Å². The quantitative estimate of drug-likeness (QED) is 0.894. The number of carbonyl (C=O) groups excluding carboxylic acids is 1. The van der Waals surface area contributed by atoms with Gasteiger partial charge in [-0.3, -0.25) is 9.69 Å². The highest BCUT2D eigenvalue weighted by atomic mass is 79.9. The molecule has 1 heterocycles. The van der Waals surface area contributed by atoms with Crippen LogP contribution in [-0.2, 0) is 4.79 Å². The molecule has 1 amide bonds. The molecule has 5 heteroatoms. The number of halogens is 1. The van der Waals surface area contributed by atoms with E-state index in [9.17, 15) is 9.90 Å². The molecule has 0 aliphatic carbocycles. The smallest absolute Gasteiger partial charge is 0.238 e. The van der Waals surface area contributed by atoms with E-state index in [1.807, 2.05) is 36.9 Å². The minimum atomic E-state index is -0.662. The Morgan fingerprint density at radius 1 is 1.58 bits per heavy atom. The number of β-amino-alcohol motifs (C(OH)–C–C–N with tert-alkyl or cyclic N) is 1. The third kappa shape index (κ3) is 4.03. The number of likely N-dealkylation sites (tertiary alicyclic amines) is 1. The van der Waals surface area contributed by atoms with Crippen LogP contribution in [0, 0.1) is 6.92 Å². The number of aliphatic hydroxyl groups is 1. The molecule has 1 aromatic carbocycles. The van der Waals surface area contributed by atoms with Crippen LogP contribution in [0.15, 0.2) is 22.7 Å². The lowest BCUT2D eigenvalue weighted by atomic mass is 10.1. The fourth-order valence-electron chi connectivity index (χ4n) is 2.29. The van der Waals surface area contributed by atoms with Crippen molar-refractivity contribution < 1.29 is 9.90 Å². The van der Waals surface area contributed by atoms with Crippen molar-refractivity contribution in [3.8, 4) is 0 Å². The molecule has 1 aromatic rings. The molecule has 19 heavy (non-hydrogen) atoms. The van der Waals surface area contributed by atoms with Crippen molar-refractivity contribution in [3.63, 3.8) is 0 Å². The Labute approximate surface area is 121 Å². The first kappa shape index (κ1) is 14.5. The second-order valence-electron chi connectivity index (χ2n) is 5.49. The van der Waals surface area contributed by atoms with Crippen molar-refractivity contribution in [1.29, 1.82) is 0 Å². The van der Waals surface area contributed by atoms with Crippen molar-refractivity contribution in [2.75, 3.05) is 25.0 Å². The van der Waals surface area contributed by atoms with Crippen molar-refractivity contribution >= 4 is 27.5 Å². The van der Waals surface area contributed by atoms with E-state index < -0.39 is 5.60 Å². The molecule has 4 nitrogen and oxygen atoms in total. The number of aryl methyl sites for hydroxylation is 1. The zero-order valence-corrected chi connectivity index (χ0v) is 12.8. The lowest BCUT2D eigenvalue weighted by molar-refractivity contribution is -0.117. The minimum absolute atomic E-state index is 0.0535. The molecule has 0 radical (unpaired) electrons. The Bertz CT molecular complexity index is 488. The highest BCUT2D eigenvalue weighted by molar-refractivity contribution is 9.10. The molecule has 104 valence electrons. The summed E-state index contributed by atoms with van der Waals surface area (Å²) in [5, 5.41) is 12.7. The van der Waals surface area contributed by atoms with E-state index in [0.29, 0.717) is 19.5 Å². The summed E-state index contributed by atoms with van der Waals surface area (Å²) in [6, 6.07) is 5.81. The maximum absolute atomic E-state index is 12.0. The average molecular weight is 327 g/mol. The van der Waals surface area contributed by atoms with E-state index in [1.165, 1.54) is 0 Å². The molecule has 1 unspecified atom stereocenters. The number of nitrogens with zero attached hydrogens (tertiary/aromatic N) is 1. The number of anilines is 1. The number of rotatable bonds is 3. The van der Waals surface area contributed by atoms with Crippen molar-refractivity contribution in [2.24, 2.45) is 0 Å². The summed E-state index contributed by atoms with van der Waals surface area (Å²) < 4.78 is 0.884. The van der Waals surface area contributed by atoms with Crippen LogP contribution < -0.4 is 5.32 Å². The van der Waals surface area contributed by atoms with Crippen molar-refractivity contribution in [3.05, 3.63) is 28.2 Å². The number of nitrogens with one attached hydrogen (secondary N) is 1. The first-order valence-corrected chi connectivity index (χ1v) is 7.16. The molecule has 1 aliphatic rings. The maximum Gasteiger partial charge on any atom is 0.238 e. The molecule has 0 saturated carbocycles. The lowest BCUT2D eigenvalue weighted by Crippen LogP contribution is -2.35. The third-order valence-corrected chi connectivity index (χ3v) is 3.95. The Morgan fingerprint density at radius 2 is 2.32 bits per heavy atom. The van der Waals surface area contributed by atoms with Gasteiger partial charge in [0.05, 0.1) is 17.8 Å². The predicted molar refractivity (Wildman–Crippen MR) is 79.2 cm³/mol. The van der Waals surface area contributed by atoms with Gasteiger partial charge in [0.2, 0.25) is 5.91 Å². The van der Waals surface area contributed by atoms with Gasteiger partial charge in [0.25, 0.3) is 0 Å². The van der Waals surface area contributed by atoms with E-state index >= 15 is 0 Å². The largest absolute Gasteiger partial charge is 0.389 e. The van der Waals surface area contributed by atoms with Crippen molar-refractivity contribution in [2.45, 2.75) is 25.9 Å². The minimum Gasteiger partial charge on any atom is -0.389 e. The number of carbonyl (C=O) groups is 1. The zero-order valence-electron chi connectivity index (χ0n) is 11.2. The normalized spacial score (nSPS) is 23.6. The van der Waals surface area contributed by atoms with E-state index in [1.54, 1.807) is 0 Å². The van der Waals surface area contributed by atoms with Gasteiger partial charge in [-0.25, -0.2) is 0 Å². The predicted octanol–water partition coefficient (Wildman–Crippen LogP) is 2.15. The SMILES string of the molecule is Cc1ccc(NC(=O)CN2CCC(C)(O)C2)c(Br)c1. The van der Waals surface area contributed by atoms with Crippen LogP contribution in [0.4, 0.5) is 5.69 Å². The standard InChI is InChI=1S/C14H19BrN2O2/c1-10-3-4-12(11(15)7-10)16-13(18)8-17-6-5-14(2,19)9-17/h3-4,7,19H,5-6,8-9H2,1-2H3,(H,16,18). The number of hydrogen-bond donors (Lipinski definition) is 2. The summed E-state index contributed by atoms with van der Waals surface area (Å²) in [7, 11) is 0. The highest BCUT2D eigenvalue weighted by Gasteiger charge is 2.31. The highest BCUT2D eigenvalue weighted by Crippen LogP contribution is 2.24. The van der Waals surface area contributed by atoms with E-state index in [0.717, 1.165) is 22.3 Å². The lowest BCUT2D eigenvalue weighted by Gasteiger charge is -2.18. The number of hydrogen-bond acceptors (Lipinski definition) is 3. The summed E-state index contributed by atoms with van der Waals surface area (Å²) in [6.07, 6.45) is 0.717. The molecule has 1 aliphatic heterocycles. The van der Waals surface area contributed by atoms with Gasteiger partial charge in [-0.1, -0.05) is 6.07 Å². The van der Waals surface area contributed by atoms with Crippen LogP contribution in [0.25, 0.3) is 0 Å². The average Bonchev–Trinajstić information content (AvgIpc) is 2.62. The fourth-order valence-corrected chi connectivity index (χ4v) is 2.88. The topological polar surface area (TPSA) is 52.6 Å². The van der Waals surface area contributed by atoms with Gasteiger partial charge < -0.3 is 10.4 Å². The Hall–Kier alpha value is -0.910. The molecule has 1 fully saturated rings. The van der Waals surface area contributed by atoms with Crippen LogP contribution in [0.2, 0.25) is 0 Å². The Balaban J connectivity index is 1.91. The molecule has 0 bridgehead atoms. The molecule has 2 rings (SSSR count). The van der Waals surface area contributed by atoms with Crippen LogP contribution in [0.1, 0.15) is 18.9 Å². The van der Waals surface area contributed by atoms with Crippen LogP contribution in [0.5, 0.6) is 0 Å². The second-order valence-corrected chi connectivity index (χ2v) is 6.34. The zero-order chi connectivity index (χ0) is 14.0. The van der Waals surface area contributed by atoms with Crippen LogP contribution in [-0.4, -0.2) is 41.1 Å². The molecule has 2 N–H and O–H groups in total. The van der Waals surface area contributed by atoms with E-state index in [4.69, 9.17) is 0 Å². The van der Waals surface area contributed by atoms with E-state index in [2.05, 4.69) is 21.2 Å². The third-order valence-electron chi connectivity index (χ3n) is 3.30. The van der Waals surface area contributed by atoms with Crippen LogP contribution >= 0.6 is 15.9 Å². The summed E-state index contributed by atoms with van der Waals surface area (Å²) >= 11 is 3.44. The van der Waals surface area contributed by atoms with Crippen LogP contribution in [0.3, 0.4) is 0 Å². The molecule has 1 atom stereocenters. The molecule has 0 aromatic heterocycles. The van der Waals surface area contributed by atoms with Gasteiger partial charge in [-0.15, -0.1) is 0 Å². The summed E-state index contributed by atoms with van der Waals surface area (Å²) in [5.41, 5.74) is 1.26. The molecular formula is C14H19BrN2O2. The van der Waals surface area contributed by atoms with Crippen molar-refractivity contribution in [1.82, 2.24) is 4.90 Å². The second kappa shape index (κ2) is 5.61. The summed E-state index contributed by atoms with van der Waals surface area (Å²) in [4.78, 5) is 13.9. The summed E-state index contributed by atoms with van der Waals surface area (Å²) in [5.74, 6) is -0.0535. The van der Waals surface area contributed by atoms with Gasteiger partial charge in [-0.05, 0) is 53.9 Å². The Morgan fingerprint density at radius 3 is 2.89 bits per heavy atom. The Kier molecular flexibility index (Phi) is 4.28. The van der Waals surface area contributed by atoms with Gasteiger partial charge >= 0.3 is 0 Å². The number of amides is 1. The fraction of sp³-hybridized carbons (Fsp3) is 0.500. The van der Waals surface area contributed by atoms with Gasteiger partial charge in [0.1, 0.15) is 0 Å². The molecular weight excluding hydrogens is 308 g/mol. The maximum atomic E-state index is 12.0.